The Hall–Kier alpha value is -1.80. The molecule has 0 N–H and O–H groups in total. The van der Waals surface area contributed by atoms with E-state index in [0.717, 1.165) is 4.47 Å². The summed E-state index contributed by atoms with van der Waals surface area (Å²) in [7, 11) is 0. The second kappa shape index (κ2) is 4.37. The number of nitriles is 1. The Bertz CT molecular complexity index is 578. The van der Waals surface area contributed by atoms with Gasteiger partial charge in [-0.25, -0.2) is 14.4 Å². The maximum absolute atomic E-state index is 13.5. The highest BCUT2D eigenvalue weighted by atomic mass is 79.9. The van der Waals surface area contributed by atoms with E-state index in [4.69, 9.17) is 5.26 Å². The first kappa shape index (κ1) is 10.7. The van der Waals surface area contributed by atoms with E-state index >= 15 is 0 Å². The van der Waals surface area contributed by atoms with Crippen LogP contribution >= 0.6 is 15.9 Å². The van der Waals surface area contributed by atoms with Crippen molar-refractivity contribution in [3.63, 3.8) is 0 Å². The quantitative estimate of drug-likeness (QED) is 0.805. The zero-order valence-electron chi connectivity index (χ0n) is 7.98. The summed E-state index contributed by atoms with van der Waals surface area (Å²) in [6, 6.07) is 7.84. The zero-order chi connectivity index (χ0) is 11.5. The summed E-state index contributed by atoms with van der Waals surface area (Å²) >= 11 is 3.24. The molecule has 3 nitrogen and oxygen atoms in total. The van der Waals surface area contributed by atoms with Crippen molar-refractivity contribution < 1.29 is 4.39 Å². The van der Waals surface area contributed by atoms with Gasteiger partial charge in [0.25, 0.3) is 0 Å². The van der Waals surface area contributed by atoms with Gasteiger partial charge in [0, 0.05) is 10.7 Å². The number of rotatable bonds is 1. The second-order valence-corrected chi connectivity index (χ2v) is 3.92. The molecule has 16 heavy (non-hydrogen) atoms. The van der Waals surface area contributed by atoms with Crippen molar-refractivity contribution >= 4 is 15.9 Å². The number of nitrogens with zero attached hydrogens (tertiary/aromatic N) is 3. The maximum atomic E-state index is 13.5. The molecule has 78 valence electrons. The summed E-state index contributed by atoms with van der Waals surface area (Å²) in [5, 5.41) is 8.69. The summed E-state index contributed by atoms with van der Waals surface area (Å²) in [6.45, 7) is 0. The summed E-state index contributed by atoms with van der Waals surface area (Å²) in [6.07, 6.45) is 1.43. The third kappa shape index (κ3) is 2.07. The molecule has 1 aromatic heterocycles. The average molecular weight is 278 g/mol. The zero-order valence-corrected chi connectivity index (χ0v) is 9.57. The Morgan fingerprint density at radius 3 is 2.88 bits per heavy atom. The van der Waals surface area contributed by atoms with E-state index in [1.807, 2.05) is 6.07 Å². The number of aromatic nitrogens is 2. The Balaban J connectivity index is 2.58. The molecule has 2 aromatic rings. The fraction of sp³-hybridized carbons (Fsp3) is 0. The molecule has 0 fully saturated rings. The van der Waals surface area contributed by atoms with Gasteiger partial charge in [-0.1, -0.05) is 15.9 Å². The van der Waals surface area contributed by atoms with E-state index in [2.05, 4.69) is 25.9 Å². The number of benzene rings is 1. The van der Waals surface area contributed by atoms with Gasteiger partial charge >= 0.3 is 0 Å². The Labute approximate surface area is 99.7 Å². The Kier molecular flexibility index (Phi) is 2.93. The van der Waals surface area contributed by atoms with E-state index in [-0.39, 0.29) is 17.1 Å². The SMILES string of the molecule is N#Cc1ccnc(-c2cc(Br)ccc2F)n1. The topological polar surface area (TPSA) is 49.6 Å². The fourth-order valence-electron chi connectivity index (χ4n) is 1.22. The predicted molar refractivity (Wildman–Crippen MR) is 59.8 cm³/mol. The van der Waals surface area contributed by atoms with E-state index in [1.54, 1.807) is 12.1 Å². The maximum Gasteiger partial charge on any atom is 0.163 e. The van der Waals surface area contributed by atoms with Gasteiger partial charge in [0.05, 0.1) is 5.56 Å². The molecule has 0 aliphatic rings. The van der Waals surface area contributed by atoms with Gasteiger partial charge in [0.2, 0.25) is 0 Å². The third-order valence-electron chi connectivity index (χ3n) is 1.94. The molecule has 2 rings (SSSR count). The van der Waals surface area contributed by atoms with Crippen LogP contribution in [0.2, 0.25) is 0 Å². The molecule has 0 aliphatic heterocycles. The van der Waals surface area contributed by atoms with Crippen LogP contribution in [0.5, 0.6) is 0 Å². The van der Waals surface area contributed by atoms with Gasteiger partial charge < -0.3 is 0 Å². The average Bonchev–Trinajstić information content (AvgIpc) is 2.32. The Morgan fingerprint density at radius 2 is 2.12 bits per heavy atom. The molecule has 0 saturated heterocycles. The molecule has 0 saturated carbocycles. The molecule has 1 aromatic carbocycles. The summed E-state index contributed by atoms with van der Waals surface area (Å²) in [5.74, 6) is -0.212. The minimum Gasteiger partial charge on any atom is -0.236 e. The molecule has 0 aliphatic carbocycles. The van der Waals surface area contributed by atoms with Gasteiger partial charge in [-0.3, -0.25) is 0 Å². The van der Waals surface area contributed by atoms with Crippen molar-refractivity contribution in [2.24, 2.45) is 0 Å². The van der Waals surface area contributed by atoms with Gasteiger partial charge in [-0.15, -0.1) is 0 Å². The highest BCUT2D eigenvalue weighted by Crippen LogP contribution is 2.23. The number of halogens is 2. The molecule has 0 spiro atoms. The minimum atomic E-state index is -0.418. The van der Waals surface area contributed by atoms with E-state index in [0.29, 0.717) is 0 Å². The molecule has 0 unspecified atom stereocenters. The number of hydrogen-bond donors (Lipinski definition) is 0. The first-order valence-corrected chi connectivity index (χ1v) is 5.18. The lowest BCUT2D eigenvalue weighted by Crippen LogP contribution is -1.93. The monoisotopic (exact) mass is 277 g/mol. The normalized spacial score (nSPS) is 9.81. The second-order valence-electron chi connectivity index (χ2n) is 3.00. The molecule has 0 bridgehead atoms. The van der Waals surface area contributed by atoms with Crippen molar-refractivity contribution in [2.75, 3.05) is 0 Å². The molecular formula is C11H5BrFN3. The van der Waals surface area contributed by atoms with Crippen LogP contribution in [0.15, 0.2) is 34.9 Å². The largest absolute Gasteiger partial charge is 0.236 e. The van der Waals surface area contributed by atoms with Crippen LogP contribution < -0.4 is 0 Å². The van der Waals surface area contributed by atoms with Crippen molar-refractivity contribution in [1.82, 2.24) is 9.97 Å². The van der Waals surface area contributed by atoms with E-state index in [9.17, 15) is 4.39 Å². The Morgan fingerprint density at radius 1 is 1.31 bits per heavy atom. The summed E-state index contributed by atoms with van der Waals surface area (Å²) in [4.78, 5) is 7.87. The molecule has 1 heterocycles. The first-order chi connectivity index (χ1) is 7.70. The van der Waals surface area contributed by atoms with Crippen LogP contribution in [-0.4, -0.2) is 9.97 Å². The van der Waals surface area contributed by atoms with Crippen LogP contribution in [0.25, 0.3) is 11.4 Å². The van der Waals surface area contributed by atoms with E-state index in [1.165, 1.54) is 18.3 Å². The predicted octanol–water partition coefficient (Wildman–Crippen LogP) is 2.92. The lowest BCUT2D eigenvalue weighted by Gasteiger charge is -2.02. The first-order valence-electron chi connectivity index (χ1n) is 4.39. The lowest BCUT2D eigenvalue weighted by molar-refractivity contribution is 0.629. The molecule has 0 radical (unpaired) electrons. The van der Waals surface area contributed by atoms with E-state index < -0.39 is 5.82 Å². The van der Waals surface area contributed by atoms with Gasteiger partial charge in [0.1, 0.15) is 17.6 Å². The smallest absolute Gasteiger partial charge is 0.163 e. The highest BCUT2D eigenvalue weighted by Gasteiger charge is 2.08. The molecule has 0 atom stereocenters. The van der Waals surface area contributed by atoms with Crippen LogP contribution in [0.4, 0.5) is 4.39 Å². The van der Waals surface area contributed by atoms with Gasteiger partial charge in [-0.05, 0) is 24.3 Å². The molecule has 5 heteroatoms. The van der Waals surface area contributed by atoms with Crippen LogP contribution in [0, 0.1) is 17.1 Å². The highest BCUT2D eigenvalue weighted by molar-refractivity contribution is 9.10. The van der Waals surface area contributed by atoms with Crippen molar-refractivity contribution in [3.05, 3.63) is 46.4 Å². The third-order valence-corrected chi connectivity index (χ3v) is 2.43. The minimum absolute atomic E-state index is 0.206. The van der Waals surface area contributed by atoms with Gasteiger partial charge in [0.15, 0.2) is 5.82 Å². The number of hydrogen-bond acceptors (Lipinski definition) is 3. The fourth-order valence-corrected chi connectivity index (χ4v) is 1.58. The van der Waals surface area contributed by atoms with Crippen LogP contribution in [0.1, 0.15) is 5.69 Å². The molecule has 0 amide bonds. The van der Waals surface area contributed by atoms with Gasteiger partial charge in [-0.2, -0.15) is 5.26 Å². The van der Waals surface area contributed by atoms with Crippen LogP contribution in [0.3, 0.4) is 0 Å². The summed E-state index contributed by atoms with van der Waals surface area (Å²) in [5.41, 5.74) is 0.482. The standard InChI is InChI=1S/C11H5BrFN3/c12-7-1-2-10(13)9(5-7)11-15-4-3-8(6-14)16-11/h1-5H. The van der Waals surface area contributed by atoms with Crippen molar-refractivity contribution in [1.29, 1.82) is 5.26 Å². The van der Waals surface area contributed by atoms with Crippen molar-refractivity contribution in [2.45, 2.75) is 0 Å². The summed E-state index contributed by atoms with van der Waals surface area (Å²) < 4.78 is 14.2. The van der Waals surface area contributed by atoms with Crippen LogP contribution in [-0.2, 0) is 0 Å². The molecular weight excluding hydrogens is 273 g/mol. The lowest BCUT2D eigenvalue weighted by atomic mass is 10.2. The van der Waals surface area contributed by atoms with Crippen molar-refractivity contribution in [3.8, 4) is 17.5 Å².